The molecule has 0 aliphatic rings. The Labute approximate surface area is 83.4 Å². The van der Waals surface area contributed by atoms with Gasteiger partial charge in [0, 0.05) is 40.4 Å². The maximum atomic E-state index is 8.56. The molecule has 5 heteroatoms. The molecular weight excluding hydrogens is 235 g/mol. The van der Waals surface area contributed by atoms with Crippen molar-refractivity contribution in [2.45, 2.75) is 0 Å². The van der Waals surface area contributed by atoms with E-state index in [9.17, 15) is 0 Å². The van der Waals surface area contributed by atoms with Crippen LogP contribution in [-0.2, 0) is 0 Å². The molecule has 0 atom stereocenters. The number of hydrogen-bond donors (Lipinski definition) is 2. The largest absolute Gasteiger partial charge is 0.503 e. The number of carboxylic acid groups (broad SMARTS) is 2. The van der Waals surface area contributed by atoms with Gasteiger partial charge in [0.1, 0.15) is 0 Å². The Kier molecular flexibility index (Phi) is 25.1. The van der Waals surface area contributed by atoms with Gasteiger partial charge in [-0.2, -0.15) is 0 Å². The quantitative estimate of drug-likeness (QED) is 0.549. The van der Waals surface area contributed by atoms with Crippen LogP contribution in [-0.4, -0.2) is 39.4 Å². The van der Waals surface area contributed by atoms with Gasteiger partial charge in [-0.3, -0.25) is 0 Å². The molecule has 2 N–H and O–H groups in total. The third-order valence-corrected chi connectivity index (χ3v) is 0. The molecule has 0 heterocycles. The molecule has 0 unspecified atom stereocenters. The predicted octanol–water partition coefficient (Wildman–Crippen LogP) is -0.694. The Morgan fingerprint density at radius 2 is 1.33 bits per heavy atom. The fourth-order valence-electron chi connectivity index (χ4n) is 0. The van der Waals surface area contributed by atoms with Gasteiger partial charge >= 0.3 is 29.2 Å². The van der Waals surface area contributed by atoms with Crippen LogP contribution in [0.25, 0.3) is 0 Å². The van der Waals surface area contributed by atoms with Crippen molar-refractivity contribution in [1.29, 1.82) is 0 Å². The summed E-state index contributed by atoms with van der Waals surface area (Å²) in [6.45, 7) is 0. The van der Waals surface area contributed by atoms with Crippen LogP contribution in [0, 0.1) is 40.4 Å². The molecule has 0 radical (unpaired) electrons. The van der Waals surface area contributed by atoms with E-state index in [0.717, 1.165) is 0 Å². The molecule has 0 aromatic carbocycles. The van der Waals surface area contributed by atoms with Crippen molar-refractivity contribution in [3.8, 4) is 0 Å². The fourth-order valence-corrected chi connectivity index (χ4v) is 0. The molecule has 0 aromatic rings. The van der Waals surface area contributed by atoms with Crippen LogP contribution in [0.5, 0.6) is 0 Å². The van der Waals surface area contributed by atoms with Crippen molar-refractivity contribution in [3.05, 3.63) is 0 Å². The molecule has 0 saturated heterocycles. The molecule has 0 bridgehead atoms. The van der Waals surface area contributed by atoms with E-state index in [-0.39, 0.29) is 63.4 Å². The van der Waals surface area contributed by atoms with Gasteiger partial charge in [-0.25, -0.2) is 4.79 Å². The zero-order valence-corrected chi connectivity index (χ0v) is 4.83. The van der Waals surface area contributed by atoms with Crippen molar-refractivity contribution in [2.24, 2.45) is 0 Å². The smallest absolute Gasteiger partial charge is 0.450 e. The van der Waals surface area contributed by atoms with Gasteiger partial charge in [0.15, 0.2) is 0 Å². The average Bonchev–Trinajstić information content (AvgIpc) is 0.811. The van der Waals surface area contributed by atoms with Crippen molar-refractivity contribution in [1.82, 2.24) is 0 Å². The predicted molar refractivity (Wildman–Crippen MR) is 19.2 cm³/mol. The van der Waals surface area contributed by atoms with Gasteiger partial charge in [-0.15, -0.1) is 0 Å². The van der Waals surface area contributed by atoms with Gasteiger partial charge in [0.05, 0.1) is 0 Å². The zero-order chi connectivity index (χ0) is 3.58. The summed E-state index contributed by atoms with van der Waals surface area (Å²) in [6.07, 6.45) is -1.83. The van der Waals surface area contributed by atoms with Gasteiger partial charge < -0.3 is 10.2 Å². The number of rotatable bonds is 0. The molecule has 0 aliphatic carbocycles. The van der Waals surface area contributed by atoms with Crippen LogP contribution in [0.15, 0.2) is 0 Å². The van der Waals surface area contributed by atoms with Crippen molar-refractivity contribution < 1.29 is 55.4 Å². The van der Waals surface area contributed by atoms with Crippen LogP contribution in [0.4, 0.5) is 4.79 Å². The Morgan fingerprint density at radius 3 is 1.33 bits per heavy atom. The minimum atomic E-state index is -1.83. The van der Waals surface area contributed by atoms with E-state index < -0.39 is 6.16 Å². The van der Waals surface area contributed by atoms with Gasteiger partial charge in [0.25, 0.3) is 0 Å². The molecule has 0 spiro atoms. The number of hydrogen-bond acceptors (Lipinski definition) is 1. The third kappa shape index (κ3) is 54.5. The molecule has 34 valence electrons. The average molecular weight is 239 g/mol. The summed E-state index contributed by atoms with van der Waals surface area (Å²) >= 11 is 0. The summed E-state index contributed by atoms with van der Waals surface area (Å²) in [6, 6.07) is 0. The fraction of sp³-hybridized carbons (Fsp3) is 0. The topological polar surface area (TPSA) is 57.5 Å². The summed E-state index contributed by atoms with van der Waals surface area (Å²) in [5.74, 6) is 0. The second-order valence-electron chi connectivity index (χ2n) is 0.283. The maximum absolute atomic E-state index is 8.56. The van der Waals surface area contributed by atoms with E-state index in [4.69, 9.17) is 15.0 Å². The maximum Gasteiger partial charge on any atom is 0.503 e. The second kappa shape index (κ2) is 9.62. The molecule has 6 heavy (non-hydrogen) atoms. The first kappa shape index (κ1) is 15.7. The van der Waals surface area contributed by atoms with E-state index in [1.165, 1.54) is 0 Å². The van der Waals surface area contributed by atoms with E-state index in [1.54, 1.807) is 0 Å². The Hall–Kier alpha value is 1.37. The minimum absolute atomic E-state index is 0. The van der Waals surface area contributed by atoms with E-state index >= 15 is 0 Å². The molecule has 0 aromatic heterocycles. The Balaban J connectivity index is -0.0000000450. The first-order chi connectivity index (χ1) is 1.73. The summed E-state index contributed by atoms with van der Waals surface area (Å²) in [4.78, 5) is 8.56. The summed E-state index contributed by atoms with van der Waals surface area (Å²) in [5.41, 5.74) is 0. The van der Waals surface area contributed by atoms with E-state index in [1.807, 2.05) is 0 Å². The summed E-state index contributed by atoms with van der Waals surface area (Å²) in [5, 5.41) is 13.9. The summed E-state index contributed by atoms with van der Waals surface area (Å²) < 4.78 is 0. The molecule has 0 fully saturated rings. The standard InChI is InChI=1S/CH2O3.Mg.Sm.2H/c2-1(3)4;;;;/h(H2,2,3,4);;;;. The normalized spacial score (nSPS) is 4.00. The Bertz CT molecular complexity index is 33.8. The van der Waals surface area contributed by atoms with Crippen LogP contribution < -0.4 is 0 Å². The van der Waals surface area contributed by atoms with Gasteiger partial charge in [0.2, 0.25) is 0 Å². The third-order valence-electron chi connectivity index (χ3n) is 0. The van der Waals surface area contributed by atoms with E-state index in [2.05, 4.69) is 0 Å². The summed E-state index contributed by atoms with van der Waals surface area (Å²) in [7, 11) is 0. The molecule has 0 amide bonds. The zero-order valence-electron chi connectivity index (χ0n) is 2.21. The second-order valence-corrected chi connectivity index (χ2v) is 0.283. The van der Waals surface area contributed by atoms with Crippen molar-refractivity contribution in [2.75, 3.05) is 0 Å². The van der Waals surface area contributed by atoms with Gasteiger partial charge in [-0.1, -0.05) is 0 Å². The van der Waals surface area contributed by atoms with Crippen molar-refractivity contribution in [3.63, 3.8) is 0 Å². The van der Waals surface area contributed by atoms with Gasteiger partial charge in [-0.05, 0) is 0 Å². The first-order valence-electron chi connectivity index (χ1n) is 0.651. The Morgan fingerprint density at radius 1 is 1.33 bits per heavy atom. The van der Waals surface area contributed by atoms with Crippen LogP contribution in [0.2, 0.25) is 0 Å². The van der Waals surface area contributed by atoms with Crippen LogP contribution >= 0.6 is 0 Å². The van der Waals surface area contributed by atoms with Crippen LogP contribution in [0.3, 0.4) is 0 Å². The minimum Gasteiger partial charge on any atom is -0.450 e. The molecule has 0 rings (SSSR count). The molecule has 0 aliphatic heterocycles. The van der Waals surface area contributed by atoms with Crippen molar-refractivity contribution >= 4 is 29.2 Å². The molecule has 0 saturated carbocycles. The SMILES string of the molecule is O=C(O)O.[MgH2].[Sm]. The molecular formula is CH4MgO3Sm. The number of carbonyl (C=O) groups is 1. The first-order valence-corrected chi connectivity index (χ1v) is 0.651. The molecule has 3 nitrogen and oxygen atoms in total. The van der Waals surface area contributed by atoms with E-state index in [0.29, 0.717) is 0 Å². The van der Waals surface area contributed by atoms with Crippen LogP contribution in [0.1, 0.15) is 0 Å². The monoisotopic (exact) mass is 240 g/mol.